The number of carboxylic acid groups (broad SMARTS) is 1. The van der Waals surface area contributed by atoms with Crippen LogP contribution in [0.25, 0.3) is 0 Å². The summed E-state index contributed by atoms with van der Waals surface area (Å²) in [7, 11) is 0. The van der Waals surface area contributed by atoms with Gasteiger partial charge in [-0.2, -0.15) is 0 Å². The van der Waals surface area contributed by atoms with Crippen molar-refractivity contribution in [3.8, 4) is 0 Å². The van der Waals surface area contributed by atoms with Gasteiger partial charge in [0.05, 0.1) is 18.6 Å². The Labute approximate surface area is 111 Å². The van der Waals surface area contributed by atoms with Gasteiger partial charge < -0.3 is 25.6 Å². The number of esters is 1. The van der Waals surface area contributed by atoms with Crippen molar-refractivity contribution in [3.63, 3.8) is 0 Å². The molecule has 0 saturated carbocycles. The van der Waals surface area contributed by atoms with E-state index in [0.29, 0.717) is 0 Å². The number of rotatable bonds is 7. The maximum atomic E-state index is 11.4. The molecule has 0 aliphatic heterocycles. The molecule has 0 rings (SSSR count). The van der Waals surface area contributed by atoms with Crippen molar-refractivity contribution in [2.45, 2.75) is 38.8 Å². The summed E-state index contributed by atoms with van der Waals surface area (Å²) < 4.78 is 4.69. The number of carbonyl (C=O) groups excluding carboxylic acids is 2. The number of carboxylic acids is 1. The Morgan fingerprint density at radius 1 is 1.37 bits per heavy atom. The molecule has 0 aliphatic rings. The van der Waals surface area contributed by atoms with Gasteiger partial charge in [0.25, 0.3) is 0 Å². The summed E-state index contributed by atoms with van der Waals surface area (Å²) in [6, 6.07) is -1.52. The highest BCUT2D eigenvalue weighted by Gasteiger charge is 2.25. The van der Waals surface area contributed by atoms with E-state index in [2.05, 4.69) is 10.6 Å². The second kappa shape index (κ2) is 7.57. The zero-order valence-corrected chi connectivity index (χ0v) is 11.2. The first-order valence-corrected chi connectivity index (χ1v) is 5.83. The van der Waals surface area contributed by atoms with Crippen LogP contribution in [-0.2, 0) is 14.3 Å². The monoisotopic (exact) mass is 276 g/mol. The van der Waals surface area contributed by atoms with E-state index in [1.807, 2.05) is 0 Å². The van der Waals surface area contributed by atoms with Gasteiger partial charge >= 0.3 is 18.0 Å². The molecule has 8 nitrogen and oxygen atoms in total. The minimum atomic E-state index is -1.56. The molecule has 110 valence electrons. The standard InChI is InChI=1S/C11H20N2O6/c1-4-19-9(16)7(2)13-10(17)12-6-11(3,18)5-8(14)15/h7,18H,4-6H2,1-3H3,(H,14,15)(H2,12,13,17). The van der Waals surface area contributed by atoms with Crippen LogP contribution in [0.1, 0.15) is 27.2 Å². The number of urea groups is 1. The highest BCUT2D eigenvalue weighted by Crippen LogP contribution is 2.07. The Kier molecular flexibility index (Phi) is 6.84. The SMILES string of the molecule is CCOC(=O)C(C)NC(=O)NCC(C)(O)CC(=O)O. The molecule has 0 fully saturated rings. The Hall–Kier alpha value is -1.83. The second-order valence-corrected chi connectivity index (χ2v) is 4.37. The van der Waals surface area contributed by atoms with Crippen molar-refractivity contribution in [3.05, 3.63) is 0 Å². The van der Waals surface area contributed by atoms with Gasteiger partial charge in [-0.25, -0.2) is 9.59 Å². The molecule has 2 unspecified atom stereocenters. The molecule has 0 aromatic carbocycles. The maximum Gasteiger partial charge on any atom is 0.328 e. The minimum Gasteiger partial charge on any atom is -0.481 e. The lowest BCUT2D eigenvalue weighted by Crippen LogP contribution is -2.49. The largest absolute Gasteiger partial charge is 0.481 e. The molecule has 19 heavy (non-hydrogen) atoms. The Morgan fingerprint density at radius 2 is 1.95 bits per heavy atom. The van der Waals surface area contributed by atoms with Crippen LogP contribution >= 0.6 is 0 Å². The van der Waals surface area contributed by atoms with Gasteiger partial charge in [-0.05, 0) is 20.8 Å². The summed E-state index contributed by atoms with van der Waals surface area (Å²) in [5, 5.41) is 22.8. The average Bonchev–Trinajstić information content (AvgIpc) is 2.25. The summed E-state index contributed by atoms with van der Waals surface area (Å²) in [4.78, 5) is 33.1. The average molecular weight is 276 g/mol. The van der Waals surface area contributed by atoms with Crippen molar-refractivity contribution < 1.29 is 29.3 Å². The van der Waals surface area contributed by atoms with Crippen molar-refractivity contribution in [1.82, 2.24) is 10.6 Å². The minimum absolute atomic E-state index is 0.208. The predicted octanol–water partition coefficient (Wildman–Crippen LogP) is -0.537. The van der Waals surface area contributed by atoms with Crippen LogP contribution < -0.4 is 10.6 Å². The summed E-state index contributed by atoms with van der Waals surface area (Å²) >= 11 is 0. The molecule has 0 aromatic rings. The number of aliphatic hydroxyl groups is 1. The third-order valence-corrected chi connectivity index (χ3v) is 2.15. The summed E-state index contributed by atoms with van der Waals surface area (Å²) in [5.74, 6) is -1.75. The molecular formula is C11H20N2O6. The number of carbonyl (C=O) groups is 3. The second-order valence-electron chi connectivity index (χ2n) is 4.37. The van der Waals surface area contributed by atoms with E-state index in [1.165, 1.54) is 13.8 Å². The van der Waals surface area contributed by atoms with E-state index in [9.17, 15) is 19.5 Å². The number of nitrogens with one attached hydrogen (secondary N) is 2. The van der Waals surface area contributed by atoms with Gasteiger partial charge in [0, 0.05) is 6.54 Å². The van der Waals surface area contributed by atoms with E-state index in [4.69, 9.17) is 9.84 Å². The van der Waals surface area contributed by atoms with Crippen molar-refractivity contribution in [1.29, 1.82) is 0 Å². The van der Waals surface area contributed by atoms with Gasteiger partial charge in [-0.15, -0.1) is 0 Å². The first-order valence-electron chi connectivity index (χ1n) is 5.83. The van der Waals surface area contributed by atoms with Crippen LogP contribution in [0, 0.1) is 0 Å². The summed E-state index contributed by atoms with van der Waals surface area (Å²) in [5.41, 5.74) is -1.56. The molecule has 0 aliphatic carbocycles. The summed E-state index contributed by atoms with van der Waals surface area (Å²) in [6.45, 7) is 4.34. The Morgan fingerprint density at radius 3 is 2.42 bits per heavy atom. The number of hydrogen-bond donors (Lipinski definition) is 4. The van der Waals surface area contributed by atoms with Gasteiger partial charge in [-0.1, -0.05) is 0 Å². The van der Waals surface area contributed by atoms with Crippen molar-refractivity contribution in [2.75, 3.05) is 13.2 Å². The van der Waals surface area contributed by atoms with Gasteiger partial charge in [0.15, 0.2) is 0 Å². The number of aliphatic carboxylic acids is 1. The van der Waals surface area contributed by atoms with Gasteiger partial charge in [0.1, 0.15) is 6.04 Å². The molecular weight excluding hydrogens is 256 g/mol. The van der Waals surface area contributed by atoms with Crippen molar-refractivity contribution >= 4 is 18.0 Å². The van der Waals surface area contributed by atoms with E-state index in [1.54, 1.807) is 6.92 Å². The molecule has 2 amide bonds. The lowest BCUT2D eigenvalue weighted by Gasteiger charge is -2.22. The van der Waals surface area contributed by atoms with E-state index >= 15 is 0 Å². The number of amides is 2. The fraction of sp³-hybridized carbons (Fsp3) is 0.727. The molecule has 0 heterocycles. The van der Waals surface area contributed by atoms with Crippen LogP contribution in [0.4, 0.5) is 4.79 Å². The Bertz CT molecular complexity index is 342. The molecule has 0 saturated heterocycles. The Balaban J connectivity index is 4.11. The van der Waals surface area contributed by atoms with Crippen molar-refractivity contribution in [2.24, 2.45) is 0 Å². The molecule has 0 aromatic heterocycles. The van der Waals surface area contributed by atoms with Crippen LogP contribution in [0.5, 0.6) is 0 Å². The van der Waals surface area contributed by atoms with Crippen LogP contribution in [0.2, 0.25) is 0 Å². The quantitative estimate of drug-likeness (QED) is 0.463. The molecule has 0 radical (unpaired) electrons. The molecule has 2 atom stereocenters. The first kappa shape index (κ1) is 17.2. The molecule has 4 N–H and O–H groups in total. The van der Waals surface area contributed by atoms with Crippen LogP contribution in [0.3, 0.4) is 0 Å². The topological polar surface area (TPSA) is 125 Å². The highest BCUT2D eigenvalue weighted by atomic mass is 16.5. The third kappa shape index (κ3) is 7.98. The van der Waals surface area contributed by atoms with Crippen LogP contribution in [-0.4, -0.2) is 53.0 Å². The smallest absolute Gasteiger partial charge is 0.328 e. The molecule has 0 spiro atoms. The van der Waals surface area contributed by atoms with Crippen LogP contribution in [0.15, 0.2) is 0 Å². The number of ether oxygens (including phenoxy) is 1. The molecule has 0 bridgehead atoms. The molecule has 8 heteroatoms. The normalized spacial score (nSPS) is 14.9. The maximum absolute atomic E-state index is 11.4. The predicted molar refractivity (Wildman–Crippen MR) is 65.5 cm³/mol. The lowest BCUT2D eigenvalue weighted by atomic mass is 10.0. The van der Waals surface area contributed by atoms with E-state index in [0.717, 1.165) is 0 Å². The fourth-order valence-corrected chi connectivity index (χ4v) is 1.23. The summed E-state index contributed by atoms with van der Waals surface area (Å²) in [6.07, 6.45) is -0.499. The third-order valence-electron chi connectivity index (χ3n) is 2.15. The van der Waals surface area contributed by atoms with Gasteiger partial charge in [0.2, 0.25) is 0 Å². The zero-order chi connectivity index (χ0) is 15.1. The fourth-order valence-electron chi connectivity index (χ4n) is 1.23. The lowest BCUT2D eigenvalue weighted by molar-refractivity contribution is -0.145. The number of hydrogen-bond acceptors (Lipinski definition) is 5. The zero-order valence-electron chi connectivity index (χ0n) is 11.2. The van der Waals surface area contributed by atoms with Gasteiger partial charge in [-0.3, -0.25) is 4.79 Å². The highest BCUT2D eigenvalue weighted by molar-refractivity contribution is 5.83. The first-order chi connectivity index (χ1) is 8.68. The van der Waals surface area contributed by atoms with E-state index < -0.39 is 36.0 Å². The van der Waals surface area contributed by atoms with E-state index in [-0.39, 0.29) is 13.2 Å².